The van der Waals surface area contributed by atoms with Gasteiger partial charge in [0, 0.05) is 42.0 Å². The molecule has 2 bridgehead atoms. The van der Waals surface area contributed by atoms with Gasteiger partial charge in [-0.2, -0.15) is 0 Å². The minimum atomic E-state index is -0.678. The lowest BCUT2D eigenvalue weighted by atomic mass is 9.83. The summed E-state index contributed by atoms with van der Waals surface area (Å²) < 4.78 is 2.34. The lowest BCUT2D eigenvalue weighted by molar-refractivity contribution is -0.137. The third-order valence-electron chi connectivity index (χ3n) is 6.36. The highest BCUT2D eigenvalue weighted by Gasteiger charge is 2.46. The summed E-state index contributed by atoms with van der Waals surface area (Å²) in [5.41, 5.74) is 3.95. The van der Waals surface area contributed by atoms with E-state index in [1.807, 2.05) is 0 Å². The smallest absolute Gasteiger partial charge is 0.304 e. The van der Waals surface area contributed by atoms with Crippen molar-refractivity contribution in [2.24, 2.45) is 7.05 Å². The average molecular weight is 310 g/mol. The number of nitrogens with zero attached hydrogens (tertiary/aromatic N) is 2. The Morgan fingerprint density at radius 3 is 2.70 bits per heavy atom. The topological polar surface area (TPSA) is 45.5 Å². The number of carbonyl (C=O) groups is 1. The maximum atomic E-state index is 11.2. The Labute approximate surface area is 135 Å². The number of aliphatic carboxylic acids is 1. The molecule has 1 aromatic carbocycles. The molecule has 0 radical (unpaired) electrons. The lowest BCUT2D eigenvalue weighted by Crippen LogP contribution is -2.39. The molecular weight excluding hydrogens is 288 g/mol. The van der Waals surface area contributed by atoms with E-state index in [2.05, 4.69) is 34.7 Å². The molecule has 4 aliphatic rings. The van der Waals surface area contributed by atoms with Gasteiger partial charge in [-0.3, -0.25) is 4.79 Å². The van der Waals surface area contributed by atoms with Gasteiger partial charge in [0.05, 0.1) is 6.42 Å². The molecule has 120 valence electrons. The number of aromatic nitrogens is 1. The molecule has 1 N–H and O–H groups in total. The Bertz CT molecular complexity index is 823. The van der Waals surface area contributed by atoms with Crippen molar-refractivity contribution in [1.29, 1.82) is 0 Å². The van der Waals surface area contributed by atoms with Gasteiger partial charge in [0.2, 0.25) is 0 Å². The molecule has 6 rings (SSSR count). The summed E-state index contributed by atoms with van der Waals surface area (Å²) in [4.78, 5) is 13.7. The van der Waals surface area contributed by atoms with Crippen LogP contribution in [0.3, 0.4) is 0 Å². The minimum Gasteiger partial charge on any atom is -0.481 e. The van der Waals surface area contributed by atoms with E-state index in [1.165, 1.54) is 53.8 Å². The summed E-state index contributed by atoms with van der Waals surface area (Å²) in [6.45, 7) is 2.36. The second kappa shape index (κ2) is 4.31. The fraction of sp³-hybridized carbons (Fsp3) is 0.526. The number of anilines is 1. The summed E-state index contributed by atoms with van der Waals surface area (Å²) in [5, 5.41) is 10.6. The Kier molecular flexibility index (Phi) is 2.52. The van der Waals surface area contributed by atoms with Gasteiger partial charge in [-0.15, -0.1) is 0 Å². The average Bonchev–Trinajstić information content (AvgIpc) is 3.27. The van der Waals surface area contributed by atoms with Gasteiger partial charge in [-0.1, -0.05) is 6.07 Å². The van der Waals surface area contributed by atoms with E-state index in [9.17, 15) is 9.90 Å². The predicted octanol–water partition coefficient (Wildman–Crippen LogP) is 3.38. The number of benzene rings is 1. The van der Waals surface area contributed by atoms with E-state index in [1.54, 1.807) is 0 Å². The van der Waals surface area contributed by atoms with E-state index < -0.39 is 5.97 Å². The van der Waals surface area contributed by atoms with Crippen molar-refractivity contribution in [3.05, 3.63) is 29.3 Å². The largest absolute Gasteiger partial charge is 0.481 e. The van der Waals surface area contributed by atoms with Crippen molar-refractivity contribution in [3.8, 4) is 0 Å². The van der Waals surface area contributed by atoms with E-state index in [0.29, 0.717) is 5.92 Å². The van der Waals surface area contributed by atoms with Crippen LogP contribution in [0.1, 0.15) is 49.1 Å². The van der Waals surface area contributed by atoms with Crippen molar-refractivity contribution in [3.63, 3.8) is 0 Å². The number of aryl methyl sites for hydroxylation is 1. The highest BCUT2D eigenvalue weighted by molar-refractivity contribution is 5.92. The zero-order chi connectivity index (χ0) is 15.8. The second-order valence-electron chi connectivity index (χ2n) is 7.64. The van der Waals surface area contributed by atoms with Crippen LogP contribution in [-0.2, 0) is 17.3 Å². The van der Waals surface area contributed by atoms with Crippen LogP contribution in [0, 0.1) is 0 Å². The van der Waals surface area contributed by atoms with E-state index >= 15 is 0 Å². The maximum absolute atomic E-state index is 11.2. The van der Waals surface area contributed by atoms with Crippen LogP contribution in [0.15, 0.2) is 18.2 Å². The summed E-state index contributed by atoms with van der Waals surface area (Å²) >= 11 is 0. The number of carboxylic acid groups (broad SMARTS) is 1. The lowest BCUT2D eigenvalue weighted by Gasteiger charge is -2.41. The monoisotopic (exact) mass is 310 g/mol. The predicted molar refractivity (Wildman–Crippen MR) is 90.3 cm³/mol. The van der Waals surface area contributed by atoms with Crippen molar-refractivity contribution in [1.82, 2.24) is 4.57 Å². The van der Waals surface area contributed by atoms with Gasteiger partial charge in [0.25, 0.3) is 0 Å². The first-order valence-corrected chi connectivity index (χ1v) is 8.69. The molecule has 1 aliphatic carbocycles. The first-order chi connectivity index (χ1) is 11.1. The molecule has 2 aromatic rings. The molecule has 3 aliphatic heterocycles. The molecule has 2 fully saturated rings. The molecule has 23 heavy (non-hydrogen) atoms. The van der Waals surface area contributed by atoms with Gasteiger partial charge >= 0.3 is 5.97 Å². The third-order valence-corrected chi connectivity index (χ3v) is 6.36. The highest BCUT2D eigenvalue weighted by atomic mass is 16.4. The second-order valence-corrected chi connectivity index (χ2v) is 7.64. The fourth-order valence-corrected chi connectivity index (χ4v) is 4.96. The van der Waals surface area contributed by atoms with Crippen LogP contribution in [0.25, 0.3) is 10.9 Å². The molecule has 4 heteroatoms. The first-order valence-electron chi connectivity index (χ1n) is 8.69. The van der Waals surface area contributed by atoms with Gasteiger partial charge < -0.3 is 14.6 Å². The number of hydrogen-bond acceptors (Lipinski definition) is 2. The minimum absolute atomic E-state index is 0.100. The first kappa shape index (κ1) is 13.5. The normalized spacial score (nSPS) is 21.7. The number of piperidine rings is 1. The van der Waals surface area contributed by atoms with Gasteiger partial charge in [-0.05, 0) is 49.3 Å². The molecular formula is C19H22N2O2. The summed E-state index contributed by atoms with van der Waals surface area (Å²) in [7, 11) is 2.17. The molecule has 0 unspecified atom stereocenters. The molecule has 4 heterocycles. The standard InChI is InChI=1S/C19H22N2O2/c1-20-15-3-2-13(19(6-7-19)11-16(22)23)10-14(15)17-12-4-8-21(9-5-12)18(17)20/h2-3,10,12H,4-9,11H2,1H3,(H,22,23). The van der Waals surface area contributed by atoms with Crippen molar-refractivity contribution < 1.29 is 9.90 Å². The number of hydrogen-bond donors (Lipinski definition) is 1. The van der Waals surface area contributed by atoms with Crippen LogP contribution in [-0.4, -0.2) is 28.7 Å². The molecule has 0 atom stereocenters. The van der Waals surface area contributed by atoms with Crippen LogP contribution >= 0.6 is 0 Å². The zero-order valence-electron chi connectivity index (χ0n) is 13.5. The van der Waals surface area contributed by atoms with E-state index in [-0.39, 0.29) is 11.8 Å². The summed E-state index contributed by atoms with van der Waals surface area (Å²) in [5.74, 6) is 1.41. The zero-order valence-corrected chi connectivity index (χ0v) is 13.5. The molecule has 1 saturated heterocycles. The molecule has 1 saturated carbocycles. The fourth-order valence-electron chi connectivity index (χ4n) is 4.96. The van der Waals surface area contributed by atoms with E-state index in [0.717, 1.165) is 12.8 Å². The van der Waals surface area contributed by atoms with Crippen LogP contribution in [0.2, 0.25) is 0 Å². The van der Waals surface area contributed by atoms with Crippen molar-refractivity contribution in [2.45, 2.75) is 43.4 Å². The highest BCUT2D eigenvalue weighted by Crippen LogP contribution is 2.53. The molecule has 1 aromatic heterocycles. The van der Waals surface area contributed by atoms with Crippen molar-refractivity contribution >= 4 is 22.7 Å². The number of carboxylic acids is 1. The molecule has 4 nitrogen and oxygen atoms in total. The quantitative estimate of drug-likeness (QED) is 0.945. The molecule has 0 amide bonds. The SMILES string of the molecule is Cn1c2c(c3cc(C4(CC(=O)O)CC4)ccc31)C1CCN2CC1. The van der Waals surface area contributed by atoms with Crippen LogP contribution in [0.5, 0.6) is 0 Å². The van der Waals surface area contributed by atoms with E-state index in [4.69, 9.17) is 0 Å². The summed E-state index contributed by atoms with van der Waals surface area (Å²) in [6.07, 6.45) is 4.81. The van der Waals surface area contributed by atoms with Gasteiger partial charge in [0.1, 0.15) is 5.82 Å². The number of rotatable bonds is 3. The Morgan fingerprint density at radius 1 is 1.30 bits per heavy atom. The van der Waals surface area contributed by atoms with Crippen molar-refractivity contribution in [2.75, 3.05) is 18.0 Å². The maximum Gasteiger partial charge on any atom is 0.304 e. The Hall–Kier alpha value is -1.97. The number of fused-ring (bicyclic) bond motifs is 3. The van der Waals surface area contributed by atoms with Crippen LogP contribution < -0.4 is 4.90 Å². The van der Waals surface area contributed by atoms with Crippen LogP contribution in [0.4, 0.5) is 5.82 Å². The Morgan fingerprint density at radius 2 is 2.04 bits per heavy atom. The molecule has 0 spiro atoms. The summed E-state index contributed by atoms with van der Waals surface area (Å²) in [6, 6.07) is 6.69. The van der Waals surface area contributed by atoms with Gasteiger partial charge in [0.15, 0.2) is 0 Å². The van der Waals surface area contributed by atoms with Gasteiger partial charge in [-0.25, -0.2) is 0 Å². The third kappa shape index (κ3) is 1.75. The Balaban J connectivity index is 1.70.